The fraction of sp³-hybridized carbons (Fsp3) is 0.435. The summed E-state index contributed by atoms with van der Waals surface area (Å²) < 4.78 is 43.1. The molecule has 1 aromatic heterocycles. The van der Waals surface area contributed by atoms with Crippen molar-refractivity contribution >= 4 is 45.2 Å². The van der Waals surface area contributed by atoms with Gasteiger partial charge in [-0.25, -0.2) is 13.4 Å². The molecular formula is C46H56N6O9S. The maximum Gasteiger partial charge on any atom is 0.262 e. The number of sulfonamides is 1. The summed E-state index contributed by atoms with van der Waals surface area (Å²) >= 11 is 0. The van der Waals surface area contributed by atoms with Crippen LogP contribution < -0.4 is 24.8 Å². The topological polar surface area (TPSA) is 195 Å². The first kappa shape index (κ1) is 45.7. The summed E-state index contributed by atoms with van der Waals surface area (Å²) in [4.78, 5) is 59.0. The number of piperidine rings is 1. The van der Waals surface area contributed by atoms with Crippen molar-refractivity contribution < 1.29 is 41.8 Å². The van der Waals surface area contributed by atoms with E-state index < -0.39 is 39.7 Å². The van der Waals surface area contributed by atoms with E-state index in [0.29, 0.717) is 31.2 Å². The fourth-order valence-electron chi connectivity index (χ4n) is 7.42. The van der Waals surface area contributed by atoms with Gasteiger partial charge in [0.1, 0.15) is 24.1 Å². The number of unbranched alkanes of at least 4 members (excludes halogenated alkanes) is 6. The van der Waals surface area contributed by atoms with Crippen molar-refractivity contribution in [2.75, 3.05) is 42.7 Å². The maximum absolute atomic E-state index is 13.0. The molecule has 3 N–H and O–H groups in total. The van der Waals surface area contributed by atoms with Gasteiger partial charge in [-0.1, -0.05) is 63.8 Å². The number of amides is 4. The highest BCUT2D eigenvalue weighted by Gasteiger charge is 2.44. The lowest BCUT2D eigenvalue weighted by Gasteiger charge is -2.27. The molecule has 1 fully saturated rings. The van der Waals surface area contributed by atoms with Crippen LogP contribution in [-0.2, 0) is 36.4 Å². The summed E-state index contributed by atoms with van der Waals surface area (Å²) in [6, 6.07) is 20.3. The van der Waals surface area contributed by atoms with Gasteiger partial charge in [-0.05, 0) is 85.7 Å². The van der Waals surface area contributed by atoms with Crippen molar-refractivity contribution in [2.24, 2.45) is 0 Å². The third kappa shape index (κ3) is 12.6. The van der Waals surface area contributed by atoms with Gasteiger partial charge in [-0.3, -0.25) is 39.1 Å². The Morgan fingerprint density at radius 1 is 0.758 bits per heavy atom. The third-order valence-corrected chi connectivity index (χ3v) is 11.5. The number of nitrogens with zero attached hydrogens (tertiary/aromatic N) is 3. The molecule has 1 saturated heterocycles. The van der Waals surface area contributed by atoms with Gasteiger partial charge in [0.25, 0.3) is 11.8 Å². The second-order valence-electron chi connectivity index (χ2n) is 16.2. The summed E-state index contributed by atoms with van der Waals surface area (Å²) in [6.45, 7) is 7.31. The van der Waals surface area contributed by atoms with Crippen LogP contribution in [0.15, 0.2) is 79.1 Å². The van der Waals surface area contributed by atoms with Gasteiger partial charge in [0.2, 0.25) is 21.8 Å². The summed E-state index contributed by atoms with van der Waals surface area (Å²) in [6.07, 6.45) is 12.6. The largest absolute Gasteiger partial charge is 0.494 e. The van der Waals surface area contributed by atoms with Crippen LogP contribution in [0, 0.1) is 0 Å². The van der Waals surface area contributed by atoms with Crippen LogP contribution in [0.2, 0.25) is 0 Å². The Morgan fingerprint density at radius 3 is 2.03 bits per heavy atom. The highest BCUT2D eigenvalue weighted by atomic mass is 32.2. The monoisotopic (exact) mass is 868 g/mol. The van der Waals surface area contributed by atoms with Gasteiger partial charge in [0, 0.05) is 37.3 Å². The summed E-state index contributed by atoms with van der Waals surface area (Å²) in [5.74, 6) is -0.363. The third-order valence-electron chi connectivity index (χ3n) is 10.9. The average Bonchev–Trinajstić information content (AvgIpc) is 3.49. The zero-order valence-electron chi connectivity index (χ0n) is 35.6. The van der Waals surface area contributed by atoms with E-state index in [1.54, 1.807) is 18.2 Å². The number of ether oxygens (including phenoxy) is 3. The quantitative estimate of drug-likeness (QED) is 0.0494. The van der Waals surface area contributed by atoms with Gasteiger partial charge in [0.05, 0.1) is 42.1 Å². The van der Waals surface area contributed by atoms with Gasteiger partial charge in [0.15, 0.2) is 5.82 Å². The van der Waals surface area contributed by atoms with Crippen molar-refractivity contribution in [3.05, 3.63) is 107 Å². The van der Waals surface area contributed by atoms with E-state index in [1.165, 1.54) is 18.0 Å². The number of carbonyl (C=O) groups excluding carboxylic acids is 4. The van der Waals surface area contributed by atoms with Crippen molar-refractivity contribution in [3.8, 4) is 11.5 Å². The van der Waals surface area contributed by atoms with E-state index in [-0.39, 0.29) is 41.8 Å². The molecule has 0 aliphatic carbocycles. The predicted molar refractivity (Wildman–Crippen MR) is 235 cm³/mol. The average molecular weight is 869 g/mol. The van der Waals surface area contributed by atoms with Crippen molar-refractivity contribution in [1.29, 1.82) is 0 Å². The molecule has 16 heteroatoms. The Bertz CT molecular complexity index is 2300. The number of benzene rings is 3. The Morgan fingerprint density at radius 2 is 1.37 bits per heavy atom. The lowest BCUT2D eigenvalue weighted by molar-refractivity contribution is -0.136. The Balaban J connectivity index is 0.775. The lowest BCUT2D eigenvalue weighted by atomic mass is 9.78. The Labute approximate surface area is 363 Å². The molecule has 0 radical (unpaired) electrons. The summed E-state index contributed by atoms with van der Waals surface area (Å²) in [5.41, 5.74) is 3.82. The molecule has 6 rings (SSSR count). The molecule has 3 heterocycles. The van der Waals surface area contributed by atoms with Gasteiger partial charge < -0.3 is 19.5 Å². The normalized spacial score (nSPS) is 15.3. The van der Waals surface area contributed by atoms with Crippen molar-refractivity contribution in [1.82, 2.24) is 20.2 Å². The van der Waals surface area contributed by atoms with E-state index in [1.807, 2.05) is 36.4 Å². The first-order valence-corrected chi connectivity index (χ1v) is 23.1. The zero-order chi connectivity index (χ0) is 44.1. The molecule has 0 saturated carbocycles. The molecule has 0 bridgehead atoms. The highest BCUT2D eigenvalue weighted by Crippen LogP contribution is 2.34. The van der Waals surface area contributed by atoms with Gasteiger partial charge >= 0.3 is 0 Å². The van der Waals surface area contributed by atoms with Crippen LogP contribution in [0.4, 0.5) is 11.5 Å². The maximum atomic E-state index is 13.0. The zero-order valence-corrected chi connectivity index (χ0v) is 36.4. The van der Waals surface area contributed by atoms with E-state index in [2.05, 4.69) is 51.3 Å². The van der Waals surface area contributed by atoms with E-state index in [4.69, 9.17) is 14.2 Å². The second-order valence-corrected chi connectivity index (χ2v) is 17.9. The smallest absolute Gasteiger partial charge is 0.262 e. The molecule has 15 nitrogen and oxygen atoms in total. The molecule has 3 aromatic carbocycles. The van der Waals surface area contributed by atoms with Crippen LogP contribution in [0.3, 0.4) is 0 Å². The lowest BCUT2D eigenvalue weighted by Crippen LogP contribution is -2.54. The van der Waals surface area contributed by atoms with Crippen molar-refractivity contribution in [3.63, 3.8) is 0 Å². The molecule has 62 heavy (non-hydrogen) atoms. The molecule has 2 aliphatic heterocycles. The Hall–Kier alpha value is -5.87. The predicted octanol–water partition coefficient (Wildman–Crippen LogP) is 6.78. The molecular weight excluding hydrogens is 813 g/mol. The Kier molecular flexibility index (Phi) is 15.7. The number of imide groups is 2. The van der Waals surface area contributed by atoms with Crippen LogP contribution in [0.1, 0.15) is 116 Å². The molecule has 330 valence electrons. The summed E-state index contributed by atoms with van der Waals surface area (Å²) in [7, 11) is -3.45. The van der Waals surface area contributed by atoms with E-state index in [9.17, 15) is 27.6 Å². The molecule has 0 spiro atoms. The number of hydrogen-bond donors (Lipinski definition) is 3. The number of fused-ring (bicyclic) bond motifs is 1. The van der Waals surface area contributed by atoms with Crippen LogP contribution in [0.5, 0.6) is 11.5 Å². The van der Waals surface area contributed by atoms with Crippen LogP contribution in [0.25, 0.3) is 0 Å². The molecule has 1 unspecified atom stereocenters. The fourth-order valence-corrected chi connectivity index (χ4v) is 7.90. The number of nitrogens with one attached hydrogen (secondary N) is 3. The SMILES string of the molecule is CC(C)(c1ccc(OCCCCCCCCOCCCCNc2ccc3c(c2)C(=O)N(C2CCC(=O)NC2=O)C3=O)cc1)c1ccc(OCc2cncc(NS(C)(=O)=O)n2)cc1. The molecule has 4 aromatic rings. The minimum absolute atomic E-state index is 0.0881. The van der Waals surface area contributed by atoms with E-state index >= 15 is 0 Å². The van der Waals surface area contributed by atoms with Gasteiger partial charge in [-0.15, -0.1) is 0 Å². The highest BCUT2D eigenvalue weighted by molar-refractivity contribution is 7.92. The molecule has 4 amide bonds. The first-order valence-electron chi connectivity index (χ1n) is 21.2. The number of hydrogen-bond acceptors (Lipinski definition) is 12. The number of rotatable bonds is 24. The number of aromatic nitrogens is 2. The first-order chi connectivity index (χ1) is 29.8. The number of anilines is 2. The number of carbonyl (C=O) groups is 4. The van der Waals surface area contributed by atoms with Gasteiger partial charge in [-0.2, -0.15) is 0 Å². The molecule has 2 aliphatic rings. The van der Waals surface area contributed by atoms with Crippen molar-refractivity contribution in [2.45, 2.75) is 96.1 Å². The standard InChI is InChI=1S/C46H56N6O9S/c1-46(2,33-14-19-37(20-15-33)61-31-35-29-47-30-41(49-35)51-62(3,57)58)32-12-17-36(18-13-32)60-27-10-7-5-4-6-9-25-59-26-11-8-24-48-34-16-21-38-39(28-34)45(56)52(44(38)55)40-22-23-42(53)50-43(40)54/h12-21,28-30,40,48H,4-11,22-27,31H2,1-3H3,(H,49,51)(H,50,53,54). The minimum Gasteiger partial charge on any atom is -0.494 e. The van der Waals surface area contributed by atoms with Crippen LogP contribution in [-0.4, -0.2) is 85.6 Å². The second kappa shape index (κ2) is 21.3. The van der Waals surface area contributed by atoms with E-state index in [0.717, 1.165) is 86.1 Å². The summed E-state index contributed by atoms with van der Waals surface area (Å²) in [5, 5.41) is 5.52. The molecule has 1 atom stereocenters. The van der Waals surface area contributed by atoms with Crippen LogP contribution >= 0.6 is 0 Å². The minimum atomic E-state index is -3.45.